The highest BCUT2D eigenvalue weighted by Gasteiger charge is 2.26. The van der Waals surface area contributed by atoms with Crippen LogP contribution in [0, 0.1) is 5.92 Å². The van der Waals surface area contributed by atoms with Crippen molar-refractivity contribution in [3.05, 3.63) is 89.4 Å². The average Bonchev–Trinajstić information content (AvgIpc) is 3.15. The monoisotopic (exact) mass is 378 g/mol. The summed E-state index contributed by atoms with van der Waals surface area (Å²) < 4.78 is 16.4. The summed E-state index contributed by atoms with van der Waals surface area (Å²) in [6.07, 6.45) is 2.37. The van der Waals surface area contributed by atoms with E-state index in [0.29, 0.717) is 0 Å². The van der Waals surface area contributed by atoms with Crippen LogP contribution in [0.5, 0.6) is 5.75 Å². The largest absolute Gasteiger partial charge is 0.497 e. The molecular formula is C24H26O4. The quantitative estimate of drug-likeness (QED) is 0.495. The van der Waals surface area contributed by atoms with Crippen molar-refractivity contribution in [2.75, 3.05) is 7.11 Å². The molecule has 0 radical (unpaired) electrons. The van der Waals surface area contributed by atoms with E-state index < -0.39 is 0 Å². The molecule has 1 heterocycles. The van der Waals surface area contributed by atoms with Crippen LogP contribution in [0.1, 0.15) is 42.2 Å². The van der Waals surface area contributed by atoms with Crippen LogP contribution in [0.4, 0.5) is 0 Å². The van der Waals surface area contributed by atoms with Gasteiger partial charge in [-0.15, -0.1) is 0 Å². The second-order valence-electron chi connectivity index (χ2n) is 7.19. The van der Waals surface area contributed by atoms with Crippen LogP contribution in [0.15, 0.2) is 71.3 Å². The van der Waals surface area contributed by atoms with Crippen molar-refractivity contribution in [2.24, 2.45) is 5.92 Å². The van der Waals surface area contributed by atoms with Crippen LogP contribution in [0.3, 0.4) is 0 Å². The Morgan fingerprint density at radius 1 is 1.00 bits per heavy atom. The first-order chi connectivity index (χ1) is 13.6. The molecule has 0 fully saturated rings. The molecule has 0 spiro atoms. The van der Waals surface area contributed by atoms with Gasteiger partial charge in [0.05, 0.1) is 19.3 Å². The molecule has 1 atom stereocenters. The first-order valence-electron chi connectivity index (χ1n) is 9.47. The number of hydrogen-bond donors (Lipinski definition) is 0. The number of hydrogen-bond acceptors (Lipinski definition) is 4. The summed E-state index contributed by atoms with van der Waals surface area (Å²) in [6.45, 7) is 4.24. The van der Waals surface area contributed by atoms with Crippen LogP contribution in [0.25, 0.3) is 0 Å². The standard InChI is InChI=1S/C24H26O4/c1-17(2)23(20-9-11-21(26-3)12-10-20)24(25)28-16-19-14-22(27-15-19)13-18-7-5-4-6-8-18/h4-12,14-15,17,23H,13,16H2,1-3H3. The topological polar surface area (TPSA) is 48.7 Å². The zero-order chi connectivity index (χ0) is 19.9. The molecule has 0 aliphatic carbocycles. The van der Waals surface area contributed by atoms with E-state index in [1.165, 1.54) is 5.56 Å². The predicted octanol–water partition coefficient (Wildman–Crippen LogP) is 5.36. The normalized spacial score (nSPS) is 12.0. The Morgan fingerprint density at radius 2 is 1.71 bits per heavy atom. The number of benzene rings is 2. The molecule has 2 aromatic carbocycles. The highest BCUT2D eigenvalue weighted by Crippen LogP contribution is 2.28. The third kappa shape index (κ3) is 5.03. The van der Waals surface area contributed by atoms with Crippen molar-refractivity contribution in [1.82, 2.24) is 0 Å². The first-order valence-corrected chi connectivity index (χ1v) is 9.47. The number of carbonyl (C=O) groups is 1. The highest BCUT2D eigenvalue weighted by atomic mass is 16.5. The van der Waals surface area contributed by atoms with Gasteiger partial charge in [0, 0.05) is 12.0 Å². The fourth-order valence-corrected chi connectivity index (χ4v) is 3.24. The number of rotatable bonds is 8. The third-order valence-corrected chi connectivity index (χ3v) is 4.71. The zero-order valence-electron chi connectivity index (χ0n) is 16.6. The Kier molecular flexibility index (Phi) is 6.53. The van der Waals surface area contributed by atoms with Crippen molar-refractivity contribution >= 4 is 5.97 Å². The summed E-state index contributed by atoms with van der Waals surface area (Å²) in [6, 6.07) is 19.6. The lowest BCUT2D eigenvalue weighted by molar-refractivity contribution is -0.148. The van der Waals surface area contributed by atoms with Gasteiger partial charge in [-0.25, -0.2) is 0 Å². The number of carbonyl (C=O) groups excluding carboxylic acids is 1. The molecule has 0 bridgehead atoms. The molecule has 0 aliphatic heterocycles. The van der Waals surface area contributed by atoms with E-state index in [0.717, 1.165) is 29.1 Å². The molecule has 0 saturated heterocycles. The molecule has 4 heteroatoms. The molecule has 0 amide bonds. The number of esters is 1. The molecule has 0 N–H and O–H groups in total. The summed E-state index contributed by atoms with van der Waals surface area (Å²) in [5, 5.41) is 0. The second kappa shape index (κ2) is 9.27. The van der Waals surface area contributed by atoms with E-state index in [1.54, 1.807) is 13.4 Å². The van der Waals surface area contributed by atoms with E-state index >= 15 is 0 Å². The van der Waals surface area contributed by atoms with E-state index in [2.05, 4.69) is 12.1 Å². The van der Waals surface area contributed by atoms with Crippen LogP contribution in [0.2, 0.25) is 0 Å². The minimum atomic E-state index is -0.318. The van der Waals surface area contributed by atoms with Gasteiger partial charge in [0.1, 0.15) is 18.1 Å². The Balaban J connectivity index is 1.61. The maximum absolute atomic E-state index is 12.7. The van der Waals surface area contributed by atoms with Crippen molar-refractivity contribution in [3.8, 4) is 5.75 Å². The van der Waals surface area contributed by atoms with Crippen LogP contribution in [-0.2, 0) is 22.6 Å². The number of ether oxygens (including phenoxy) is 2. The fourth-order valence-electron chi connectivity index (χ4n) is 3.24. The molecule has 1 aromatic heterocycles. The van der Waals surface area contributed by atoms with Crippen LogP contribution >= 0.6 is 0 Å². The average molecular weight is 378 g/mol. The molecule has 3 aromatic rings. The van der Waals surface area contributed by atoms with Gasteiger partial charge < -0.3 is 13.9 Å². The van der Waals surface area contributed by atoms with Crippen molar-refractivity contribution in [2.45, 2.75) is 32.8 Å². The molecule has 146 valence electrons. The van der Waals surface area contributed by atoms with Crippen molar-refractivity contribution in [1.29, 1.82) is 0 Å². The summed E-state index contributed by atoms with van der Waals surface area (Å²) >= 11 is 0. The smallest absolute Gasteiger partial charge is 0.314 e. The summed E-state index contributed by atoms with van der Waals surface area (Å²) in [5.74, 6) is 1.20. The summed E-state index contributed by atoms with van der Waals surface area (Å²) in [4.78, 5) is 12.7. The molecular weight excluding hydrogens is 352 g/mol. The first kappa shape index (κ1) is 19.7. The van der Waals surface area contributed by atoms with Crippen LogP contribution < -0.4 is 4.74 Å². The number of methoxy groups -OCH3 is 1. The maximum atomic E-state index is 12.7. The van der Waals surface area contributed by atoms with Gasteiger partial charge in [-0.05, 0) is 35.2 Å². The van der Waals surface area contributed by atoms with E-state index in [9.17, 15) is 4.79 Å². The third-order valence-electron chi connectivity index (χ3n) is 4.71. The lowest BCUT2D eigenvalue weighted by Gasteiger charge is -2.20. The SMILES string of the molecule is COc1ccc(C(C(=O)OCc2coc(Cc3ccccc3)c2)C(C)C)cc1. The number of furan rings is 1. The maximum Gasteiger partial charge on any atom is 0.314 e. The molecule has 3 rings (SSSR count). The summed E-state index contributed by atoms with van der Waals surface area (Å²) in [5.41, 5.74) is 2.97. The second-order valence-corrected chi connectivity index (χ2v) is 7.19. The molecule has 0 saturated carbocycles. The lowest BCUT2D eigenvalue weighted by atomic mass is 9.88. The fraction of sp³-hybridized carbons (Fsp3) is 0.292. The van der Waals surface area contributed by atoms with Gasteiger partial charge in [0.15, 0.2) is 0 Å². The molecule has 4 nitrogen and oxygen atoms in total. The van der Waals surface area contributed by atoms with Gasteiger partial charge in [0.2, 0.25) is 0 Å². The van der Waals surface area contributed by atoms with E-state index in [1.807, 2.05) is 62.4 Å². The lowest BCUT2D eigenvalue weighted by Crippen LogP contribution is -2.20. The van der Waals surface area contributed by atoms with E-state index in [4.69, 9.17) is 13.9 Å². The van der Waals surface area contributed by atoms with Crippen molar-refractivity contribution in [3.63, 3.8) is 0 Å². The predicted molar refractivity (Wildman–Crippen MR) is 108 cm³/mol. The van der Waals surface area contributed by atoms with Gasteiger partial charge in [-0.1, -0.05) is 56.3 Å². The van der Waals surface area contributed by atoms with Gasteiger partial charge in [0.25, 0.3) is 0 Å². The molecule has 28 heavy (non-hydrogen) atoms. The Labute approximate surface area is 166 Å². The Morgan fingerprint density at radius 3 is 2.36 bits per heavy atom. The summed E-state index contributed by atoms with van der Waals surface area (Å²) in [7, 11) is 1.63. The Hall–Kier alpha value is -3.01. The van der Waals surface area contributed by atoms with E-state index in [-0.39, 0.29) is 24.4 Å². The highest BCUT2D eigenvalue weighted by molar-refractivity contribution is 5.78. The zero-order valence-corrected chi connectivity index (χ0v) is 16.6. The van der Waals surface area contributed by atoms with Gasteiger partial charge in [-0.2, -0.15) is 0 Å². The van der Waals surface area contributed by atoms with Crippen LogP contribution in [-0.4, -0.2) is 13.1 Å². The minimum absolute atomic E-state index is 0.124. The minimum Gasteiger partial charge on any atom is -0.497 e. The molecule has 0 aliphatic rings. The Bertz CT molecular complexity index is 878. The van der Waals surface area contributed by atoms with Gasteiger partial charge >= 0.3 is 5.97 Å². The van der Waals surface area contributed by atoms with Crippen molar-refractivity contribution < 1.29 is 18.7 Å². The van der Waals surface area contributed by atoms with Gasteiger partial charge in [-0.3, -0.25) is 4.79 Å². The molecule has 1 unspecified atom stereocenters.